The Labute approximate surface area is 119 Å². The Morgan fingerprint density at radius 2 is 1.85 bits per heavy atom. The lowest BCUT2D eigenvalue weighted by molar-refractivity contribution is 0.825. The van der Waals surface area contributed by atoms with Crippen LogP contribution < -0.4 is 5.73 Å². The number of nitrogens with two attached hydrogens (primary N) is 1. The molecule has 1 unspecified atom stereocenters. The molecular weight excluding hydrogens is 244 g/mol. The van der Waals surface area contributed by atoms with E-state index in [0.717, 1.165) is 6.42 Å². The monoisotopic (exact) mass is 264 g/mol. The molecular formula is C18H20N2. The van der Waals surface area contributed by atoms with Gasteiger partial charge in [-0.3, -0.25) is 0 Å². The Balaban J connectivity index is 2.14. The van der Waals surface area contributed by atoms with Crippen molar-refractivity contribution in [3.63, 3.8) is 0 Å². The van der Waals surface area contributed by atoms with Gasteiger partial charge in [0.05, 0.1) is 0 Å². The van der Waals surface area contributed by atoms with Gasteiger partial charge in [-0.2, -0.15) is 0 Å². The second-order valence-electron chi connectivity index (χ2n) is 5.14. The maximum Gasteiger partial charge on any atom is 0.0489 e. The third-order valence-electron chi connectivity index (χ3n) is 4.03. The lowest BCUT2D eigenvalue weighted by atomic mass is 9.90. The molecule has 20 heavy (non-hydrogen) atoms. The van der Waals surface area contributed by atoms with Gasteiger partial charge in [0.15, 0.2) is 0 Å². The van der Waals surface area contributed by atoms with Gasteiger partial charge < -0.3 is 10.7 Å². The van der Waals surface area contributed by atoms with Crippen molar-refractivity contribution in [2.24, 2.45) is 5.73 Å². The summed E-state index contributed by atoms with van der Waals surface area (Å²) >= 11 is 0. The van der Waals surface area contributed by atoms with E-state index in [1.54, 1.807) is 0 Å². The first-order chi connectivity index (χ1) is 9.85. The molecule has 102 valence electrons. The quantitative estimate of drug-likeness (QED) is 0.739. The Bertz CT molecular complexity index is 698. The second-order valence-corrected chi connectivity index (χ2v) is 5.14. The van der Waals surface area contributed by atoms with Crippen molar-refractivity contribution >= 4 is 10.9 Å². The van der Waals surface area contributed by atoms with Crippen LogP contribution in [-0.4, -0.2) is 11.5 Å². The highest BCUT2D eigenvalue weighted by Crippen LogP contribution is 2.31. The fourth-order valence-corrected chi connectivity index (χ4v) is 2.95. The second kappa shape index (κ2) is 5.51. The Kier molecular flexibility index (Phi) is 3.57. The van der Waals surface area contributed by atoms with Crippen LogP contribution in [0.3, 0.4) is 0 Å². The molecule has 0 aliphatic rings. The van der Waals surface area contributed by atoms with E-state index in [0.29, 0.717) is 6.54 Å². The van der Waals surface area contributed by atoms with Crippen LogP contribution in [0.25, 0.3) is 10.9 Å². The fourth-order valence-electron chi connectivity index (χ4n) is 2.95. The molecule has 1 heterocycles. The predicted molar refractivity (Wildman–Crippen MR) is 85.0 cm³/mol. The molecule has 2 heteroatoms. The normalized spacial score (nSPS) is 12.7. The molecule has 1 atom stereocenters. The maximum absolute atomic E-state index is 6.04. The lowest BCUT2D eigenvalue weighted by Gasteiger charge is -2.14. The first-order valence-electron chi connectivity index (χ1n) is 7.19. The molecule has 0 aliphatic heterocycles. The predicted octanol–water partition coefficient (Wildman–Crippen LogP) is 3.82. The van der Waals surface area contributed by atoms with Crippen LogP contribution in [0.5, 0.6) is 0 Å². The molecule has 0 fully saturated rings. The molecule has 0 spiro atoms. The summed E-state index contributed by atoms with van der Waals surface area (Å²) in [5, 5.41) is 1.30. The maximum atomic E-state index is 6.04. The van der Waals surface area contributed by atoms with Crippen LogP contribution in [0.4, 0.5) is 0 Å². The van der Waals surface area contributed by atoms with Crippen LogP contribution >= 0.6 is 0 Å². The topological polar surface area (TPSA) is 41.8 Å². The molecule has 2 aromatic carbocycles. The van der Waals surface area contributed by atoms with Gasteiger partial charge >= 0.3 is 0 Å². The minimum absolute atomic E-state index is 0.247. The van der Waals surface area contributed by atoms with Gasteiger partial charge in [0.1, 0.15) is 0 Å². The smallest absolute Gasteiger partial charge is 0.0489 e. The third kappa shape index (κ3) is 2.12. The molecule has 1 aromatic heterocycles. The number of nitrogens with one attached hydrogen (secondary N) is 1. The van der Waals surface area contributed by atoms with Crippen molar-refractivity contribution in [3.8, 4) is 0 Å². The standard InChI is InChI=1S/C18H20N2/c1-2-13-9-6-10-15-17(12-20-18(13)15)16(11-19)14-7-4-3-5-8-14/h3-10,12,16,20H,2,11,19H2,1H3. The average Bonchev–Trinajstić information content (AvgIpc) is 2.93. The summed E-state index contributed by atoms with van der Waals surface area (Å²) in [6, 6.07) is 17.0. The van der Waals surface area contributed by atoms with Crippen molar-refractivity contribution < 1.29 is 0 Å². The molecule has 0 bridgehead atoms. The number of fused-ring (bicyclic) bond motifs is 1. The van der Waals surface area contributed by atoms with Crippen molar-refractivity contribution in [1.82, 2.24) is 4.98 Å². The number of aryl methyl sites for hydroxylation is 1. The molecule has 0 saturated heterocycles. The minimum atomic E-state index is 0.247. The highest BCUT2D eigenvalue weighted by molar-refractivity contribution is 5.87. The molecule has 0 amide bonds. The number of hydrogen-bond donors (Lipinski definition) is 2. The summed E-state index contributed by atoms with van der Waals surface area (Å²) in [4.78, 5) is 3.44. The Morgan fingerprint density at radius 3 is 2.55 bits per heavy atom. The van der Waals surface area contributed by atoms with Crippen LogP contribution in [0.15, 0.2) is 54.7 Å². The SMILES string of the molecule is CCc1cccc2c(C(CN)c3ccccc3)c[nH]c12. The van der Waals surface area contributed by atoms with E-state index < -0.39 is 0 Å². The summed E-state index contributed by atoms with van der Waals surface area (Å²) in [6.07, 6.45) is 3.16. The molecule has 3 aromatic rings. The molecule has 3 rings (SSSR count). The summed E-state index contributed by atoms with van der Waals surface area (Å²) in [7, 11) is 0. The van der Waals surface area contributed by atoms with Crippen LogP contribution in [0, 0.1) is 0 Å². The van der Waals surface area contributed by atoms with Crippen LogP contribution in [0.2, 0.25) is 0 Å². The lowest BCUT2D eigenvalue weighted by Crippen LogP contribution is -2.13. The van der Waals surface area contributed by atoms with E-state index in [1.165, 1.54) is 27.6 Å². The highest BCUT2D eigenvalue weighted by atomic mass is 14.7. The van der Waals surface area contributed by atoms with E-state index in [4.69, 9.17) is 5.73 Å². The van der Waals surface area contributed by atoms with Gasteiger partial charge in [0.2, 0.25) is 0 Å². The summed E-state index contributed by atoms with van der Waals surface area (Å²) in [5.74, 6) is 0.247. The van der Waals surface area contributed by atoms with E-state index in [2.05, 4.69) is 60.6 Å². The van der Waals surface area contributed by atoms with Gasteiger partial charge in [0.25, 0.3) is 0 Å². The van der Waals surface area contributed by atoms with Gasteiger partial charge in [-0.15, -0.1) is 0 Å². The van der Waals surface area contributed by atoms with Gasteiger partial charge in [-0.25, -0.2) is 0 Å². The van der Waals surface area contributed by atoms with Crippen molar-refractivity contribution in [2.45, 2.75) is 19.3 Å². The van der Waals surface area contributed by atoms with Gasteiger partial charge in [-0.1, -0.05) is 55.5 Å². The Morgan fingerprint density at radius 1 is 1.05 bits per heavy atom. The van der Waals surface area contributed by atoms with Crippen molar-refractivity contribution in [2.75, 3.05) is 6.54 Å². The number of rotatable bonds is 4. The zero-order valence-electron chi connectivity index (χ0n) is 11.8. The number of benzene rings is 2. The minimum Gasteiger partial charge on any atom is -0.361 e. The van der Waals surface area contributed by atoms with E-state index in [-0.39, 0.29) is 5.92 Å². The molecule has 2 nitrogen and oxygen atoms in total. The highest BCUT2D eigenvalue weighted by Gasteiger charge is 2.17. The summed E-state index contributed by atoms with van der Waals surface area (Å²) in [6.45, 7) is 2.81. The van der Waals surface area contributed by atoms with E-state index in [1.807, 2.05) is 6.07 Å². The zero-order chi connectivity index (χ0) is 13.9. The fraction of sp³-hybridized carbons (Fsp3) is 0.222. The van der Waals surface area contributed by atoms with Crippen LogP contribution in [-0.2, 0) is 6.42 Å². The first kappa shape index (κ1) is 12.9. The van der Waals surface area contributed by atoms with E-state index >= 15 is 0 Å². The van der Waals surface area contributed by atoms with Gasteiger partial charge in [-0.05, 0) is 23.1 Å². The number of para-hydroxylation sites is 1. The first-order valence-corrected chi connectivity index (χ1v) is 7.19. The number of H-pyrrole nitrogens is 1. The summed E-state index contributed by atoms with van der Waals surface area (Å²) < 4.78 is 0. The summed E-state index contributed by atoms with van der Waals surface area (Å²) in [5.41, 5.74) is 11.2. The third-order valence-corrected chi connectivity index (χ3v) is 4.03. The van der Waals surface area contributed by atoms with Crippen molar-refractivity contribution in [3.05, 3.63) is 71.4 Å². The van der Waals surface area contributed by atoms with Crippen molar-refractivity contribution in [1.29, 1.82) is 0 Å². The Hall–Kier alpha value is -2.06. The van der Waals surface area contributed by atoms with Crippen LogP contribution in [0.1, 0.15) is 29.5 Å². The molecule has 0 radical (unpaired) electrons. The number of aromatic nitrogens is 1. The van der Waals surface area contributed by atoms with Gasteiger partial charge in [0, 0.05) is 29.6 Å². The zero-order valence-corrected chi connectivity index (χ0v) is 11.8. The molecule has 0 aliphatic carbocycles. The molecule has 0 saturated carbocycles. The van der Waals surface area contributed by atoms with E-state index in [9.17, 15) is 0 Å². The average molecular weight is 264 g/mol. The largest absolute Gasteiger partial charge is 0.361 e. The number of aromatic amines is 1. The molecule has 3 N–H and O–H groups in total. The number of hydrogen-bond acceptors (Lipinski definition) is 1.